The first-order chi connectivity index (χ1) is 14.5. The van der Waals surface area contributed by atoms with Crippen molar-refractivity contribution in [2.75, 3.05) is 13.2 Å². The molecule has 1 heterocycles. The van der Waals surface area contributed by atoms with Crippen molar-refractivity contribution in [1.82, 2.24) is 5.43 Å². The van der Waals surface area contributed by atoms with Crippen LogP contribution in [-0.2, 0) is 4.79 Å². The average Bonchev–Trinajstić information content (AvgIpc) is 3.19. The number of carbonyl (C=O) groups excluding carboxylic acids is 1. The second-order valence-corrected chi connectivity index (χ2v) is 7.13. The molecule has 3 aromatic rings. The predicted molar refractivity (Wildman–Crippen MR) is 118 cm³/mol. The lowest BCUT2D eigenvalue weighted by Gasteiger charge is -2.10. The van der Waals surface area contributed by atoms with Crippen LogP contribution in [0.25, 0.3) is 11.3 Å². The monoisotopic (exact) mass is 466 g/mol. The van der Waals surface area contributed by atoms with Crippen LogP contribution in [0, 0.1) is 0 Å². The van der Waals surface area contributed by atoms with E-state index in [1.807, 2.05) is 13.0 Å². The molecule has 0 unspecified atom stereocenters. The normalized spacial score (nSPS) is 10.9. The predicted octanol–water partition coefficient (Wildman–Crippen LogP) is 5.83. The lowest BCUT2D eigenvalue weighted by molar-refractivity contribution is -0.123. The quantitative estimate of drug-likeness (QED) is 0.257. The number of amides is 1. The number of rotatable bonds is 8. The molecule has 2 aromatic carbocycles. The summed E-state index contributed by atoms with van der Waals surface area (Å²) in [6, 6.07) is 13.7. The van der Waals surface area contributed by atoms with Gasteiger partial charge in [0.1, 0.15) is 11.5 Å². The van der Waals surface area contributed by atoms with Gasteiger partial charge in [-0.05, 0) is 43.3 Å². The van der Waals surface area contributed by atoms with Crippen LogP contribution >= 0.6 is 34.8 Å². The zero-order valence-electron chi connectivity index (χ0n) is 15.8. The molecule has 0 saturated carbocycles. The van der Waals surface area contributed by atoms with Crippen molar-refractivity contribution in [2.45, 2.75) is 6.92 Å². The number of hydrogen-bond acceptors (Lipinski definition) is 5. The highest BCUT2D eigenvalue weighted by Crippen LogP contribution is 2.35. The van der Waals surface area contributed by atoms with Crippen molar-refractivity contribution >= 4 is 46.9 Å². The first-order valence-corrected chi connectivity index (χ1v) is 10.0. The van der Waals surface area contributed by atoms with Gasteiger partial charge in [0.2, 0.25) is 0 Å². The van der Waals surface area contributed by atoms with Crippen LogP contribution in [0.2, 0.25) is 15.1 Å². The topological polar surface area (TPSA) is 73.1 Å². The second kappa shape index (κ2) is 10.4. The maximum absolute atomic E-state index is 12.0. The fourth-order valence-corrected chi connectivity index (χ4v) is 3.11. The van der Waals surface area contributed by atoms with E-state index >= 15 is 0 Å². The molecule has 30 heavy (non-hydrogen) atoms. The maximum atomic E-state index is 12.0. The Bertz CT molecular complexity index is 1070. The van der Waals surface area contributed by atoms with Gasteiger partial charge in [0.15, 0.2) is 18.1 Å². The zero-order chi connectivity index (χ0) is 21.5. The van der Waals surface area contributed by atoms with Crippen LogP contribution in [-0.4, -0.2) is 25.3 Å². The van der Waals surface area contributed by atoms with E-state index in [-0.39, 0.29) is 6.61 Å². The van der Waals surface area contributed by atoms with Crippen LogP contribution in [0.1, 0.15) is 12.7 Å². The van der Waals surface area contributed by atoms with Crippen LogP contribution in [0.3, 0.4) is 0 Å². The summed E-state index contributed by atoms with van der Waals surface area (Å²) in [6.07, 6.45) is 1.36. The first kappa shape index (κ1) is 22.0. The highest BCUT2D eigenvalue weighted by Gasteiger charge is 2.12. The van der Waals surface area contributed by atoms with Gasteiger partial charge >= 0.3 is 0 Å². The second-order valence-electron chi connectivity index (χ2n) is 5.91. The molecule has 1 N–H and O–H groups in total. The molecule has 0 aliphatic carbocycles. The van der Waals surface area contributed by atoms with Gasteiger partial charge in [0.25, 0.3) is 5.91 Å². The number of furan rings is 1. The molecule has 9 heteroatoms. The third-order valence-electron chi connectivity index (χ3n) is 3.79. The van der Waals surface area contributed by atoms with E-state index in [4.69, 9.17) is 48.7 Å². The molecule has 0 spiro atoms. The molecular formula is C21H17Cl3N2O4. The molecule has 0 bridgehead atoms. The van der Waals surface area contributed by atoms with Gasteiger partial charge in [-0.2, -0.15) is 5.10 Å². The van der Waals surface area contributed by atoms with E-state index in [1.165, 1.54) is 6.21 Å². The molecule has 6 nitrogen and oxygen atoms in total. The minimum Gasteiger partial charge on any atom is -0.490 e. The van der Waals surface area contributed by atoms with Gasteiger partial charge in [-0.25, -0.2) is 5.43 Å². The van der Waals surface area contributed by atoms with Crippen molar-refractivity contribution in [3.63, 3.8) is 0 Å². The molecule has 1 aromatic heterocycles. The van der Waals surface area contributed by atoms with E-state index < -0.39 is 5.91 Å². The van der Waals surface area contributed by atoms with Crippen molar-refractivity contribution in [1.29, 1.82) is 0 Å². The van der Waals surface area contributed by atoms with Crippen molar-refractivity contribution in [2.24, 2.45) is 5.10 Å². The van der Waals surface area contributed by atoms with E-state index in [2.05, 4.69) is 10.5 Å². The van der Waals surface area contributed by atoms with Gasteiger partial charge in [-0.15, -0.1) is 0 Å². The highest BCUT2D eigenvalue weighted by molar-refractivity contribution is 6.44. The van der Waals surface area contributed by atoms with Crippen LogP contribution in [0.4, 0.5) is 0 Å². The fourth-order valence-electron chi connectivity index (χ4n) is 2.47. The van der Waals surface area contributed by atoms with Crippen molar-refractivity contribution < 1.29 is 18.7 Å². The lowest BCUT2D eigenvalue weighted by Crippen LogP contribution is -2.24. The molecule has 0 atom stereocenters. The summed E-state index contributed by atoms with van der Waals surface area (Å²) >= 11 is 18.2. The Morgan fingerprint density at radius 2 is 1.73 bits per heavy atom. The average molecular weight is 468 g/mol. The summed E-state index contributed by atoms with van der Waals surface area (Å²) in [5.41, 5.74) is 2.96. The summed E-state index contributed by atoms with van der Waals surface area (Å²) in [5, 5.41) is 4.98. The standard InChI is InChI=1S/C21H17Cl3N2O4/c1-2-28-19-5-3-4-6-20(19)29-12-21(27)26-25-11-13-7-8-18(30-13)14-9-16(23)17(24)10-15(14)22/h3-11H,2,12H2,1H3,(H,26,27)/b25-11+. The summed E-state index contributed by atoms with van der Waals surface area (Å²) in [5.74, 6) is 1.52. The van der Waals surface area contributed by atoms with E-state index in [0.29, 0.717) is 50.3 Å². The van der Waals surface area contributed by atoms with Crippen LogP contribution in [0.15, 0.2) is 58.0 Å². The summed E-state index contributed by atoms with van der Waals surface area (Å²) in [4.78, 5) is 12.0. The van der Waals surface area contributed by atoms with Crippen molar-refractivity contribution in [3.05, 3.63) is 69.4 Å². The number of hydrazone groups is 1. The Morgan fingerprint density at radius 1 is 1.03 bits per heavy atom. The SMILES string of the molecule is CCOc1ccccc1OCC(=O)N/N=C/c1ccc(-c2cc(Cl)c(Cl)cc2Cl)o1. The Kier molecular flexibility index (Phi) is 7.63. The molecular weight excluding hydrogens is 451 g/mol. The molecule has 0 radical (unpaired) electrons. The Labute approximate surface area is 188 Å². The van der Waals surface area contributed by atoms with E-state index in [0.717, 1.165) is 0 Å². The number of carbonyl (C=O) groups is 1. The largest absolute Gasteiger partial charge is 0.490 e. The smallest absolute Gasteiger partial charge is 0.277 e. The molecule has 156 valence electrons. The summed E-state index contributed by atoms with van der Waals surface area (Å²) in [6.45, 7) is 2.15. The van der Waals surface area contributed by atoms with Gasteiger partial charge in [0.05, 0.1) is 27.9 Å². The minimum atomic E-state index is -0.433. The number of ether oxygens (including phenoxy) is 2. The van der Waals surface area contributed by atoms with Gasteiger partial charge in [0, 0.05) is 5.56 Å². The zero-order valence-corrected chi connectivity index (χ0v) is 18.1. The number of benzene rings is 2. The first-order valence-electron chi connectivity index (χ1n) is 8.89. The Morgan fingerprint density at radius 3 is 2.47 bits per heavy atom. The molecule has 0 aliphatic heterocycles. The number of nitrogens with one attached hydrogen (secondary N) is 1. The number of para-hydroxylation sites is 2. The summed E-state index contributed by atoms with van der Waals surface area (Å²) in [7, 11) is 0. The van der Waals surface area contributed by atoms with E-state index in [9.17, 15) is 4.79 Å². The van der Waals surface area contributed by atoms with Gasteiger partial charge < -0.3 is 13.9 Å². The molecule has 0 aliphatic rings. The molecule has 1 amide bonds. The van der Waals surface area contributed by atoms with Gasteiger partial charge in [-0.1, -0.05) is 46.9 Å². The van der Waals surface area contributed by atoms with Crippen molar-refractivity contribution in [3.8, 4) is 22.8 Å². The third-order valence-corrected chi connectivity index (χ3v) is 4.83. The van der Waals surface area contributed by atoms with Gasteiger partial charge in [-0.3, -0.25) is 4.79 Å². The number of hydrogen-bond donors (Lipinski definition) is 1. The molecule has 0 fully saturated rings. The number of halogens is 3. The Hall–Kier alpha value is -2.67. The van der Waals surface area contributed by atoms with Crippen LogP contribution in [0.5, 0.6) is 11.5 Å². The molecule has 0 saturated heterocycles. The lowest BCUT2D eigenvalue weighted by atomic mass is 10.2. The summed E-state index contributed by atoms with van der Waals surface area (Å²) < 4.78 is 16.6. The van der Waals surface area contributed by atoms with Crippen LogP contribution < -0.4 is 14.9 Å². The van der Waals surface area contributed by atoms with E-state index in [1.54, 1.807) is 42.5 Å². The minimum absolute atomic E-state index is 0.219. The maximum Gasteiger partial charge on any atom is 0.277 e. The third kappa shape index (κ3) is 5.69. The molecule has 3 rings (SSSR count). The Balaban J connectivity index is 1.56. The fraction of sp³-hybridized carbons (Fsp3) is 0.143. The number of nitrogens with zero attached hydrogens (tertiary/aromatic N) is 1. The highest BCUT2D eigenvalue weighted by atomic mass is 35.5.